The molecule has 0 heterocycles. The number of alkyl halides is 3. The monoisotopic (exact) mass is 351 g/mol. The fraction of sp³-hybridized carbons (Fsp3) is 0.462. The van der Waals surface area contributed by atoms with E-state index < -0.39 is 11.7 Å². The van der Waals surface area contributed by atoms with Crippen molar-refractivity contribution in [3.63, 3.8) is 0 Å². The molecule has 0 saturated carbocycles. The second-order valence-corrected chi connectivity index (χ2v) is 5.62. The Hall–Kier alpha value is -1.24. The van der Waals surface area contributed by atoms with Crippen molar-refractivity contribution in [2.45, 2.75) is 12.7 Å². The number of aliphatic imine (C=N–C) groups is 1. The molecule has 0 fully saturated rings. The molecule has 0 aromatic heterocycles. The van der Waals surface area contributed by atoms with Gasteiger partial charge in [-0.15, -0.1) is 0 Å². The number of hydrogen-bond acceptors (Lipinski definition) is 1. The third kappa shape index (κ3) is 4.40. The Kier molecular flexibility index (Phi) is 5.44. The minimum absolute atomic E-state index is 0.0200. The minimum Gasteiger partial charge on any atom is -0.349 e. The summed E-state index contributed by atoms with van der Waals surface area (Å²) in [5.41, 5.74) is -0.505. The molecule has 0 saturated heterocycles. The lowest BCUT2D eigenvalue weighted by Crippen LogP contribution is -2.35. The predicted molar refractivity (Wildman–Crippen MR) is 77.7 cm³/mol. The van der Waals surface area contributed by atoms with Gasteiger partial charge in [0.25, 0.3) is 0 Å². The fourth-order valence-corrected chi connectivity index (χ4v) is 2.15. The lowest BCUT2D eigenvalue weighted by molar-refractivity contribution is -0.138. The summed E-state index contributed by atoms with van der Waals surface area (Å²) < 4.78 is 39.3. The predicted octanol–water partition coefficient (Wildman–Crippen LogP) is 3.45. The van der Waals surface area contributed by atoms with Crippen LogP contribution >= 0.6 is 15.9 Å². The van der Waals surface area contributed by atoms with Crippen LogP contribution in [0.2, 0.25) is 0 Å². The molecule has 0 aliphatic carbocycles. The van der Waals surface area contributed by atoms with Crippen LogP contribution < -0.4 is 0 Å². The van der Waals surface area contributed by atoms with Crippen LogP contribution in [0, 0.1) is 0 Å². The Balaban J connectivity index is 3.13. The smallest absolute Gasteiger partial charge is 0.349 e. The van der Waals surface area contributed by atoms with Crippen molar-refractivity contribution in [1.82, 2.24) is 9.80 Å². The van der Waals surface area contributed by atoms with E-state index in [0.29, 0.717) is 10.4 Å². The molecule has 0 radical (unpaired) electrons. The van der Waals surface area contributed by atoms with Crippen molar-refractivity contribution in [1.29, 1.82) is 0 Å². The molecule has 1 aromatic rings. The molecule has 0 amide bonds. The van der Waals surface area contributed by atoms with Gasteiger partial charge in [-0.1, -0.05) is 22.0 Å². The largest absolute Gasteiger partial charge is 0.416 e. The molecule has 1 rings (SSSR count). The van der Waals surface area contributed by atoms with Gasteiger partial charge in [-0.25, -0.2) is 4.99 Å². The third-order valence-electron chi connectivity index (χ3n) is 2.57. The highest BCUT2D eigenvalue weighted by atomic mass is 79.9. The first kappa shape index (κ1) is 16.8. The molecule has 3 nitrogen and oxygen atoms in total. The van der Waals surface area contributed by atoms with Gasteiger partial charge in [-0.05, 0) is 17.7 Å². The first-order chi connectivity index (χ1) is 9.12. The topological polar surface area (TPSA) is 18.8 Å². The van der Waals surface area contributed by atoms with Gasteiger partial charge >= 0.3 is 6.18 Å². The van der Waals surface area contributed by atoms with Gasteiger partial charge in [0.1, 0.15) is 0 Å². The molecule has 0 aliphatic heterocycles. The van der Waals surface area contributed by atoms with Crippen molar-refractivity contribution in [3.05, 3.63) is 33.8 Å². The zero-order chi connectivity index (χ0) is 15.5. The Bertz CT molecular complexity index is 486. The second kappa shape index (κ2) is 6.47. The number of rotatable bonds is 2. The summed E-state index contributed by atoms with van der Waals surface area (Å²) in [5, 5.41) is 0. The maximum Gasteiger partial charge on any atom is 0.416 e. The molecule has 0 aliphatic rings. The number of guanidine groups is 1. The van der Waals surface area contributed by atoms with Crippen LogP contribution in [0.15, 0.2) is 27.7 Å². The quantitative estimate of drug-likeness (QED) is 0.600. The SMILES string of the molecule is CN(C)C(=NCc1ccc(Br)cc1C(F)(F)F)N(C)C. The van der Waals surface area contributed by atoms with Gasteiger partial charge in [0, 0.05) is 32.7 Å². The van der Waals surface area contributed by atoms with Crippen molar-refractivity contribution >= 4 is 21.9 Å². The van der Waals surface area contributed by atoms with E-state index in [0.717, 1.165) is 6.07 Å². The standard InChI is InChI=1S/C13H17BrF3N3/c1-19(2)12(20(3)4)18-8-9-5-6-10(14)7-11(9)13(15,16)17/h5-7H,8H2,1-4H3. The van der Waals surface area contributed by atoms with Crippen LogP contribution in [-0.2, 0) is 12.7 Å². The summed E-state index contributed by atoms with van der Waals surface area (Å²) in [7, 11) is 7.19. The molecule has 1 aromatic carbocycles. The normalized spacial score (nSPS) is 11.2. The number of nitrogens with zero attached hydrogens (tertiary/aromatic N) is 3. The highest BCUT2D eigenvalue weighted by molar-refractivity contribution is 9.10. The van der Waals surface area contributed by atoms with Crippen LogP contribution in [0.5, 0.6) is 0 Å². The van der Waals surface area contributed by atoms with Crippen LogP contribution in [0.25, 0.3) is 0 Å². The van der Waals surface area contributed by atoms with Crippen molar-refractivity contribution in [2.75, 3.05) is 28.2 Å². The summed E-state index contributed by atoms with van der Waals surface area (Å²) in [6.07, 6.45) is -4.38. The van der Waals surface area contributed by atoms with Crippen LogP contribution in [-0.4, -0.2) is 44.0 Å². The van der Waals surface area contributed by atoms with Gasteiger partial charge in [0.15, 0.2) is 5.96 Å². The van der Waals surface area contributed by atoms with Crippen LogP contribution in [0.1, 0.15) is 11.1 Å². The molecule has 0 bridgehead atoms. The first-order valence-electron chi connectivity index (χ1n) is 5.87. The van der Waals surface area contributed by atoms with E-state index in [-0.39, 0.29) is 12.1 Å². The summed E-state index contributed by atoms with van der Waals surface area (Å²) in [4.78, 5) is 7.76. The first-order valence-corrected chi connectivity index (χ1v) is 6.67. The van der Waals surface area contributed by atoms with E-state index in [1.54, 1.807) is 44.1 Å². The van der Waals surface area contributed by atoms with E-state index in [4.69, 9.17) is 0 Å². The van der Waals surface area contributed by atoms with E-state index in [9.17, 15) is 13.2 Å². The van der Waals surface area contributed by atoms with E-state index in [2.05, 4.69) is 20.9 Å². The molecule has 7 heteroatoms. The molecule has 0 atom stereocenters. The number of benzene rings is 1. The Morgan fingerprint density at radius 3 is 2.15 bits per heavy atom. The Labute approximate surface area is 125 Å². The zero-order valence-corrected chi connectivity index (χ0v) is 13.4. The molecule has 0 spiro atoms. The number of halogens is 4. The lowest BCUT2D eigenvalue weighted by Gasteiger charge is -2.23. The van der Waals surface area contributed by atoms with Gasteiger partial charge < -0.3 is 9.80 Å². The number of hydrogen-bond donors (Lipinski definition) is 0. The van der Waals surface area contributed by atoms with E-state index in [1.165, 1.54) is 6.07 Å². The molecule has 0 N–H and O–H groups in total. The molecule has 20 heavy (non-hydrogen) atoms. The highest BCUT2D eigenvalue weighted by Crippen LogP contribution is 2.34. The Morgan fingerprint density at radius 1 is 1.15 bits per heavy atom. The minimum atomic E-state index is -4.38. The Morgan fingerprint density at radius 2 is 1.70 bits per heavy atom. The summed E-state index contributed by atoms with van der Waals surface area (Å²) in [6, 6.07) is 4.11. The lowest BCUT2D eigenvalue weighted by atomic mass is 10.1. The third-order valence-corrected chi connectivity index (χ3v) is 3.06. The van der Waals surface area contributed by atoms with E-state index >= 15 is 0 Å². The van der Waals surface area contributed by atoms with Gasteiger partial charge in [-0.3, -0.25) is 0 Å². The molecular weight excluding hydrogens is 335 g/mol. The summed E-state index contributed by atoms with van der Waals surface area (Å²) >= 11 is 3.06. The summed E-state index contributed by atoms with van der Waals surface area (Å²) in [5.74, 6) is 0.612. The van der Waals surface area contributed by atoms with Gasteiger partial charge in [-0.2, -0.15) is 13.2 Å². The summed E-state index contributed by atoms with van der Waals surface area (Å²) in [6.45, 7) is -0.0200. The molecule has 112 valence electrons. The van der Waals surface area contributed by atoms with Gasteiger partial charge in [0.05, 0.1) is 12.1 Å². The fourth-order valence-electron chi connectivity index (χ4n) is 1.79. The van der Waals surface area contributed by atoms with Crippen molar-refractivity contribution in [3.8, 4) is 0 Å². The molecular formula is C13H17BrF3N3. The average Bonchev–Trinajstić information content (AvgIpc) is 2.28. The van der Waals surface area contributed by atoms with Crippen LogP contribution in [0.4, 0.5) is 13.2 Å². The van der Waals surface area contributed by atoms with Gasteiger partial charge in [0.2, 0.25) is 0 Å². The van der Waals surface area contributed by atoms with Crippen LogP contribution in [0.3, 0.4) is 0 Å². The van der Waals surface area contributed by atoms with Crippen molar-refractivity contribution in [2.24, 2.45) is 4.99 Å². The maximum atomic E-state index is 13.0. The van der Waals surface area contributed by atoms with Crippen molar-refractivity contribution < 1.29 is 13.2 Å². The second-order valence-electron chi connectivity index (χ2n) is 4.70. The zero-order valence-electron chi connectivity index (χ0n) is 11.8. The average molecular weight is 352 g/mol. The highest BCUT2D eigenvalue weighted by Gasteiger charge is 2.33. The van der Waals surface area contributed by atoms with E-state index in [1.807, 2.05) is 0 Å². The maximum absolute atomic E-state index is 13.0. The molecule has 0 unspecified atom stereocenters.